The van der Waals surface area contributed by atoms with Crippen molar-refractivity contribution in [2.45, 2.75) is 12.8 Å². The lowest BCUT2D eigenvalue weighted by molar-refractivity contribution is 0.579. The van der Waals surface area contributed by atoms with Crippen LogP contribution in [0.5, 0.6) is 0 Å². The van der Waals surface area contributed by atoms with Crippen molar-refractivity contribution in [1.82, 2.24) is 14.8 Å². The Hall–Kier alpha value is -1.92. The number of hydrogen-bond acceptors (Lipinski definition) is 3. The summed E-state index contributed by atoms with van der Waals surface area (Å²) in [7, 11) is 0. The lowest BCUT2D eigenvalue weighted by Crippen LogP contribution is -2.13. The topological polar surface area (TPSA) is 53.8 Å². The molecule has 0 amide bonds. The molecular weight excluding hydrogens is 289 g/mol. The summed E-state index contributed by atoms with van der Waals surface area (Å²) in [5.74, 6) is 0.639. The average molecular weight is 303 g/mol. The second-order valence-electron chi connectivity index (χ2n) is 4.64. The van der Waals surface area contributed by atoms with Crippen molar-refractivity contribution in [3.05, 3.63) is 48.5 Å². The summed E-state index contributed by atoms with van der Waals surface area (Å²) < 4.78 is 26.7. The highest BCUT2D eigenvalue weighted by Crippen LogP contribution is 2.23. The average Bonchev–Trinajstić information content (AvgIpc) is 2.89. The maximum atomic E-state index is 13.3. The van der Waals surface area contributed by atoms with E-state index in [4.69, 9.17) is 0 Å². The summed E-state index contributed by atoms with van der Waals surface area (Å²) >= 11 is -0.954. The predicted molar refractivity (Wildman–Crippen MR) is 81.6 cm³/mol. The molecule has 4 nitrogen and oxygen atoms in total. The Bertz CT molecular complexity index is 774. The third-order valence-corrected chi connectivity index (χ3v) is 4.42. The van der Waals surface area contributed by atoms with Crippen molar-refractivity contribution < 1.29 is 8.94 Å². The Morgan fingerprint density at radius 3 is 2.86 bits per heavy atom. The number of rotatable bonds is 4. The highest BCUT2D eigenvalue weighted by Gasteiger charge is 2.11. The van der Waals surface area contributed by atoms with Crippen molar-refractivity contribution in [2.75, 3.05) is 5.75 Å². The van der Waals surface area contributed by atoms with Gasteiger partial charge >= 0.3 is 0 Å². The van der Waals surface area contributed by atoms with E-state index in [1.165, 1.54) is 12.1 Å². The summed E-state index contributed by atoms with van der Waals surface area (Å²) in [4.78, 5) is 4.34. The molecular formula is C15H14FN3OS. The maximum Gasteiger partial charge on any atom is 0.198 e. The van der Waals surface area contributed by atoms with Crippen LogP contribution in [0.25, 0.3) is 22.2 Å². The minimum Gasteiger partial charge on any atom is -0.615 e. The first-order valence-corrected chi connectivity index (χ1v) is 8.08. The van der Waals surface area contributed by atoms with Crippen LogP contribution in [0, 0.1) is 5.82 Å². The first kappa shape index (κ1) is 14.0. The Kier molecular flexibility index (Phi) is 3.90. The third kappa shape index (κ3) is 2.91. The van der Waals surface area contributed by atoms with Gasteiger partial charge in [0.1, 0.15) is 17.1 Å². The summed E-state index contributed by atoms with van der Waals surface area (Å²) in [5.41, 5.74) is 3.11. The summed E-state index contributed by atoms with van der Waals surface area (Å²) in [6, 6.07) is 8.27. The van der Waals surface area contributed by atoms with E-state index in [0.717, 1.165) is 22.2 Å². The van der Waals surface area contributed by atoms with E-state index in [-0.39, 0.29) is 5.82 Å². The molecule has 0 saturated carbocycles. The van der Waals surface area contributed by atoms with Gasteiger partial charge in [-0.3, -0.25) is 4.98 Å². The van der Waals surface area contributed by atoms with Crippen LogP contribution in [0.15, 0.2) is 42.7 Å². The van der Waals surface area contributed by atoms with Gasteiger partial charge < -0.3 is 4.55 Å². The number of aromatic nitrogens is 3. The summed E-state index contributed by atoms with van der Waals surface area (Å²) in [6.07, 6.45) is 3.34. The fourth-order valence-electron chi connectivity index (χ4n) is 2.11. The normalized spacial score (nSPS) is 12.7. The second kappa shape index (κ2) is 5.83. The number of nitrogens with zero attached hydrogens (tertiary/aromatic N) is 3. The molecule has 0 aliphatic heterocycles. The minimum atomic E-state index is -0.954. The third-order valence-electron chi connectivity index (χ3n) is 3.24. The SMILES string of the molecule is CC[S+]([O-])Cn1ncc2ncc(-c3cccc(F)c3)cc21. The number of fused-ring (bicyclic) bond motifs is 1. The first-order valence-electron chi connectivity index (χ1n) is 6.60. The summed E-state index contributed by atoms with van der Waals surface area (Å²) in [5, 5.41) is 4.22. The number of halogens is 1. The van der Waals surface area contributed by atoms with Crippen molar-refractivity contribution in [2.24, 2.45) is 0 Å². The van der Waals surface area contributed by atoms with Crippen LogP contribution in [0.3, 0.4) is 0 Å². The Morgan fingerprint density at radius 1 is 1.24 bits per heavy atom. The minimum absolute atomic E-state index is 0.284. The van der Waals surface area contributed by atoms with Gasteiger partial charge in [-0.15, -0.1) is 0 Å². The van der Waals surface area contributed by atoms with E-state index in [9.17, 15) is 8.94 Å². The van der Waals surface area contributed by atoms with E-state index in [0.29, 0.717) is 11.6 Å². The van der Waals surface area contributed by atoms with Gasteiger partial charge in [-0.1, -0.05) is 12.1 Å². The number of hydrogen-bond donors (Lipinski definition) is 0. The maximum absolute atomic E-state index is 13.3. The molecule has 3 rings (SSSR count). The van der Waals surface area contributed by atoms with Gasteiger partial charge in [-0.25, -0.2) is 9.07 Å². The van der Waals surface area contributed by atoms with Gasteiger partial charge in [0.15, 0.2) is 5.88 Å². The largest absolute Gasteiger partial charge is 0.615 e. The van der Waals surface area contributed by atoms with Crippen molar-refractivity contribution >= 4 is 22.2 Å². The van der Waals surface area contributed by atoms with Gasteiger partial charge in [0, 0.05) is 11.8 Å². The molecule has 6 heteroatoms. The van der Waals surface area contributed by atoms with E-state index < -0.39 is 11.2 Å². The van der Waals surface area contributed by atoms with E-state index >= 15 is 0 Å². The zero-order chi connectivity index (χ0) is 14.8. The first-order chi connectivity index (χ1) is 10.2. The fourth-order valence-corrected chi connectivity index (χ4v) is 2.77. The van der Waals surface area contributed by atoms with Gasteiger partial charge in [-0.05, 0) is 41.9 Å². The van der Waals surface area contributed by atoms with Crippen molar-refractivity contribution in [3.63, 3.8) is 0 Å². The van der Waals surface area contributed by atoms with E-state index in [1.54, 1.807) is 23.1 Å². The van der Waals surface area contributed by atoms with Gasteiger partial charge in [-0.2, -0.15) is 5.10 Å². The predicted octanol–water partition coefficient (Wildman–Crippen LogP) is 2.96. The number of benzene rings is 1. The zero-order valence-electron chi connectivity index (χ0n) is 11.5. The quantitative estimate of drug-likeness (QED) is 0.696. The smallest absolute Gasteiger partial charge is 0.198 e. The number of pyridine rings is 1. The zero-order valence-corrected chi connectivity index (χ0v) is 12.3. The molecule has 0 fully saturated rings. The Labute approximate surface area is 124 Å². The Morgan fingerprint density at radius 2 is 2.10 bits per heavy atom. The van der Waals surface area contributed by atoms with E-state index in [1.807, 2.05) is 19.1 Å². The van der Waals surface area contributed by atoms with Gasteiger partial charge in [0.2, 0.25) is 0 Å². The molecule has 0 spiro atoms. The molecule has 0 radical (unpaired) electrons. The molecule has 1 unspecified atom stereocenters. The van der Waals surface area contributed by atoms with Gasteiger partial charge in [0.25, 0.3) is 0 Å². The molecule has 0 bridgehead atoms. The molecule has 0 aliphatic carbocycles. The van der Waals surface area contributed by atoms with Crippen LogP contribution >= 0.6 is 0 Å². The van der Waals surface area contributed by atoms with Gasteiger partial charge in [0.05, 0.1) is 11.7 Å². The molecule has 1 aromatic carbocycles. The van der Waals surface area contributed by atoms with Crippen LogP contribution in [-0.4, -0.2) is 25.1 Å². The standard InChI is InChI=1S/C15H14FN3OS/c1-2-21(20)10-19-15-7-12(8-17-14(15)9-18-19)11-4-3-5-13(16)6-11/h3-9H,2,10H2,1H3. The molecule has 0 aliphatic rings. The second-order valence-corrected chi connectivity index (χ2v) is 6.36. The molecule has 2 aromatic heterocycles. The molecule has 108 valence electrons. The van der Waals surface area contributed by atoms with Crippen LogP contribution in [0.2, 0.25) is 0 Å². The molecule has 21 heavy (non-hydrogen) atoms. The molecule has 0 N–H and O–H groups in total. The van der Waals surface area contributed by atoms with Crippen LogP contribution in [0.1, 0.15) is 6.92 Å². The van der Waals surface area contributed by atoms with E-state index in [2.05, 4.69) is 10.1 Å². The highest BCUT2D eigenvalue weighted by atomic mass is 32.2. The van der Waals surface area contributed by atoms with Crippen LogP contribution in [-0.2, 0) is 17.1 Å². The fraction of sp³-hybridized carbons (Fsp3) is 0.200. The monoisotopic (exact) mass is 303 g/mol. The van der Waals surface area contributed by atoms with Crippen LogP contribution in [0.4, 0.5) is 4.39 Å². The molecule has 1 atom stereocenters. The molecule has 2 heterocycles. The molecule has 0 saturated heterocycles. The summed E-state index contributed by atoms with van der Waals surface area (Å²) in [6.45, 7) is 1.87. The van der Waals surface area contributed by atoms with Crippen molar-refractivity contribution in [3.8, 4) is 11.1 Å². The van der Waals surface area contributed by atoms with Crippen LogP contribution < -0.4 is 0 Å². The Balaban J connectivity index is 2.04. The van der Waals surface area contributed by atoms with Crippen molar-refractivity contribution in [1.29, 1.82) is 0 Å². The lowest BCUT2D eigenvalue weighted by atomic mass is 10.1. The molecule has 3 aromatic rings. The lowest BCUT2D eigenvalue weighted by Gasteiger charge is -2.09. The highest BCUT2D eigenvalue weighted by molar-refractivity contribution is 7.90.